The monoisotopic (exact) mass is 251 g/mol. The van der Waals surface area contributed by atoms with E-state index < -0.39 is 0 Å². The predicted octanol–water partition coefficient (Wildman–Crippen LogP) is 2.95. The Hall–Kier alpha value is -0.960. The van der Waals surface area contributed by atoms with Gasteiger partial charge in [-0.15, -0.1) is 0 Å². The highest BCUT2D eigenvalue weighted by molar-refractivity contribution is 4.94. The summed E-state index contributed by atoms with van der Waals surface area (Å²) in [6.07, 6.45) is 18.2. The lowest BCUT2D eigenvalue weighted by molar-refractivity contribution is 0.264. The minimum atomic E-state index is 0.480. The van der Waals surface area contributed by atoms with Crippen LogP contribution in [0.3, 0.4) is 0 Å². The zero-order valence-electron chi connectivity index (χ0n) is 11.8. The van der Waals surface area contributed by atoms with Gasteiger partial charge in [0.05, 0.1) is 6.17 Å². The van der Waals surface area contributed by atoms with Crippen LogP contribution >= 0.6 is 0 Å². The van der Waals surface area contributed by atoms with Crippen molar-refractivity contribution in [1.82, 2.24) is 10.2 Å². The standard InChI is InChI=1S/C15H29N3/c1-2-3-4-5-6-7-8-9-10-15-17-12-14-18(15)13-11-16/h3-4,12,14-15,17H,2,5-11,13,16H2,1H3/b4-3+. The van der Waals surface area contributed by atoms with Crippen molar-refractivity contribution in [2.45, 2.75) is 58.0 Å². The molecule has 104 valence electrons. The maximum absolute atomic E-state index is 5.60. The number of hydrogen-bond acceptors (Lipinski definition) is 3. The molecule has 3 N–H and O–H groups in total. The number of rotatable bonds is 10. The first-order valence-electron chi connectivity index (χ1n) is 7.42. The molecule has 0 bridgehead atoms. The van der Waals surface area contributed by atoms with Crippen molar-refractivity contribution in [2.24, 2.45) is 5.73 Å². The number of nitrogens with two attached hydrogens (primary N) is 1. The third-order valence-electron chi connectivity index (χ3n) is 3.34. The lowest BCUT2D eigenvalue weighted by atomic mass is 10.1. The fourth-order valence-corrected chi connectivity index (χ4v) is 2.32. The molecule has 0 amide bonds. The van der Waals surface area contributed by atoms with Crippen LogP contribution in [0.1, 0.15) is 51.9 Å². The summed E-state index contributed by atoms with van der Waals surface area (Å²) >= 11 is 0. The Balaban J connectivity index is 1.96. The molecule has 1 atom stereocenters. The summed E-state index contributed by atoms with van der Waals surface area (Å²) in [5.74, 6) is 0. The van der Waals surface area contributed by atoms with E-state index in [1.54, 1.807) is 0 Å². The molecule has 3 nitrogen and oxygen atoms in total. The molecule has 3 heteroatoms. The van der Waals surface area contributed by atoms with E-state index in [-0.39, 0.29) is 0 Å². The Kier molecular flexibility index (Phi) is 8.40. The Morgan fingerprint density at radius 1 is 1.22 bits per heavy atom. The number of nitrogens with zero attached hydrogens (tertiary/aromatic N) is 1. The van der Waals surface area contributed by atoms with Gasteiger partial charge in [-0.05, 0) is 32.1 Å². The summed E-state index contributed by atoms with van der Waals surface area (Å²) in [4.78, 5) is 2.31. The predicted molar refractivity (Wildman–Crippen MR) is 79.0 cm³/mol. The Bertz CT molecular complexity index is 248. The molecule has 1 unspecified atom stereocenters. The van der Waals surface area contributed by atoms with Crippen molar-refractivity contribution in [3.63, 3.8) is 0 Å². The Labute approximate surface area is 112 Å². The van der Waals surface area contributed by atoms with Crippen LogP contribution in [0, 0.1) is 0 Å². The highest BCUT2D eigenvalue weighted by Gasteiger charge is 2.16. The molecule has 0 spiro atoms. The zero-order chi connectivity index (χ0) is 13.1. The molecule has 0 saturated heterocycles. The van der Waals surface area contributed by atoms with Crippen molar-refractivity contribution in [2.75, 3.05) is 13.1 Å². The molecule has 0 saturated carbocycles. The zero-order valence-corrected chi connectivity index (χ0v) is 11.8. The normalized spacial score (nSPS) is 18.8. The molecular weight excluding hydrogens is 222 g/mol. The summed E-state index contributed by atoms with van der Waals surface area (Å²) in [7, 11) is 0. The summed E-state index contributed by atoms with van der Waals surface area (Å²) < 4.78 is 0. The van der Waals surface area contributed by atoms with Gasteiger partial charge >= 0.3 is 0 Å². The molecule has 0 fully saturated rings. The number of allylic oxidation sites excluding steroid dienone is 2. The van der Waals surface area contributed by atoms with Crippen LogP contribution in [0.15, 0.2) is 24.6 Å². The van der Waals surface area contributed by atoms with Crippen molar-refractivity contribution < 1.29 is 0 Å². The van der Waals surface area contributed by atoms with Crippen LogP contribution in [0.4, 0.5) is 0 Å². The highest BCUT2D eigenvalue weighted by Crippen LogP contribution is 2.13. The SMILES string of the molecule is CC/C=C/CCCCCCC1NC=CN1CCN. The minimum absolute atomic E-state index is 0.480. The second-order valence-electron chi connectivity index (χ2n) is 4.90. The average Bonchev–Trinajstić information content (AvgIpc) is 2.81. The van der Waals surface area contributed by atoms with Gasteiger partial charge in [0, 0.05) is 25.5 Å². The van der Waals surface area contributed by atoms with Crippen LogP contribution in [-0.2, 0) is 0 Å². The van der Waals surface area contributed by atoms with Gasteiger partial charge in [0.2, 0.25) is 0 Å². The van der Waals surface area contributed by atoms with Crippen LogP contribution < -0.4 is 11.1 Å². The van der Waals surface area contributed by atoms with E-state index in [1.165, 1.54) is 38.5 Å². The third-order valence-corrected chi connectivity index (χ3v) is 3.34. The molecule has 18 heavy (non-hydrogen) atoms. The molecular formula is C15H29N3. The van der Waals surface area contributed by atoms with E-state index in [4.69, 9.17) is 5.73 Å². The van der Waals surface area contributed by atoms with E-state index in [2.05, 4.69) is 35.5 Å². The molecule has 1 rings (SSSR count). The third kappa shape index (κ3) is 6.10. The fraction of sp³-hybridized carbons (Fsp3) is 0.733. The maximum atomic E-state index is 5.60. The van der Waals surface area contributed by atoms with Crippen molar-refractivity contribution in [1.29, 1.82) is 0 Å². The van der Waals surface area contributed by atoms with Gasteiger partial charge in [-0.3, -0.25) is 0 Å². The van der Waals surface area contributed by atoms with Gasteiger partial charge < -0.3 is 16.0 Å². The lowest BCUT2D eigenvalue weighted by Gasteiger charge is -2.24. The van der Waals surface area contributed by atoms with Crippen molar-refractivity contribution in [3.05, 3.63) is 24.6 Å². The number of nitrogens with one attached hydrogen (secondary N) is 1. The Morgan fingerprint density at radius 3 is 2.83 bits per heavy atom. The van der Waals surface area contributed by atoms with E-state index in [1.807, 2.05) is 6.20 Å². The summed E-state index contributed by atoms with van der Waals surface area (Å²) in [5.41, 5.74) is 5.60. The molecule has 0 aliphatic carbocycles. The molecule has 0 aromatic rings. The van der Waals surface area contributed by atoms with Gasteiger partial charge in [0.25, 0.3) is 0 Å². The lowest BCUT2D eigenvalue weighted by Crippen LogP contribution is -2.37. The van der Waals surface area contributed by atoms with Crippen LogP contribution in [0.5, 0.6) is 0 Å². The van der Waals surface area contributed by atoms with Crippen molar-refractivity contribution in [3.8, 4) is 0 Å². The summed E-state index contributed by atoms with van der Waals surface area (Å²) in [6.45, 7) is 3.87. The van der Waals surface area contributed by atoms with E-state index in [0.29, 0.717) is 6.17 Å². The van der Waals surface area contributed by atoms with E-state index in [9.17, 15) is 0 Å². The first-order valence-corrected chi connectivity index (χ1v) is 7.42. The van der Waals surface area contributed by atoms with Crippen LogP contribution in [0.25, 0.3) is 0 Å². The van der Waals surface area contributed by atoms with E-state index in [0.717, 1.165) is 19.5 Å². The van der Waals surface area contributed by atoms with Gasteiger partial charge in [-0.2, -0.15) is 0 Å². The number of hydrogen-bond donors (Lipinski definition) is 2. The second-order valence-corrected chi connectivity index (χ2v) is 4.90. The van der Waals surface area contributed by atoms with Crippen LogP contribution in [-0.4, -0.2) is 24.2 Å². The molecule has 0 aromatic heterocycles. The summed E-state index contributed by atoms with van der Waals surface area (Å²) in [5, 5.41) is 3.39. The first kappa shape index (κ1) is 15.1. The average molecular weight is 251 g/mol. The fourth-order valence-electron chi connectivity index (χ4n) is 2.32. The topological polar surface area (TPSA) is 41.3 Å². The minimum Gasteiger partial charge on any atom is -0.370 e. The Morgan fingerprint density at radius 2 is 2.06 bits per heavy atom. The maximum Gasteiger partial charge on any atom is 0.0981 e. The molecule has 1 aliphatic rings. The van der Waals surface area contributed by atoms with Gasteiger partial charge in [0.1, 0.15) is 0 Å². The number of unbranched alkanes of at least 4 members (excludes halogenated alkanes) is 4. The van der Waals surface area contributed by atoms with Gasteiger partial charge in [-0.25, -0.2) is 0 Å². The molecule has 1 aliphatic heterocycles. The van der Waals surface area contributed by atoms with Crippen molar-refractivity contribution >= 4 is 0 Å². The van der Waals surface area contributed by atoms with Gasteiger partial charge in [0.15, 0.2) is 0 Å². The largest absolute Gasteiger partial charge is 0.370 e. The second kappa shape index (κ2) is 10.0. The van der Waals surface area contributed by atoms with E-state index >= 15 is 0 Å². The van der Waals surface area contributed by atoms with Gasteiger partial charge in [-0.1, -0.05) is 31.9 Å². The quantitative estimate of drug-likeness (QED) is 0.463. The highest BCUT2D eigenvalue weighted by atomic mass is 15.3. The summed E-state index contributed by atoms with van der Waals surface area (Å²) in [6, 6.07) is 0. The smallest absolute Gasteiger partial charge is 0.0981 e. The molecule has 0 aromatic carbocycles. The molecule has 1 heterocycles. The molecule has 0 radical (unpaired) electrons. The van der Waals surface area contributed by atoms with Crippen LogP contribution in [0.2, 0.25) is 0 Å². The first-order chi connectivity index (χ1) is 8.88.